The smallest absolute Gasteiger partial charge is 0.372 e. The Morgan fingerprint density at radius 2 is 1.89 bits per heavy atom. The minimum atomic E-state index is -0.955. The van der Waals surface area contributed by atoms with Gasteiger partial charge in [-0.3, -0.25) is 0 Å². The van der Waals surface area contributed by atoms with Crippen molar-refractivity contribution < 1.29 is 23.1 Å². The molecule has 0 radical (unpaired) electrons. The largest absolute Gasteiger partial charge is 0.493 e. The number of carbonyl (C=O) groups is 1. The van der Waals surface area contributed by atoms with Gasteiger partial charge in [0.25, 0.3) is 0 Å². The van der Waals surface area contributed by atoms with Gasteiger partial charge in [-0.05, 0) is 51.2 Å². The summed E-state index contributed by atoms with van der Waals surface area (Å²) in [6.45, 7) is 7.85. The number of benzene rings is 1. The van der Waals surface area contributed by atoms with Crippen molar-refractivity contribution in [2.24, 2.45) is 0 Å². The molecule has 0 amide bonds. The highest BCUT2D eigenvalue weighted by molar-refractivity contribution is 5.86. The van der Waals surface area contributed by atoms with E-state index in [-0.39, 0.29) is 5.97 Å². The van der Waals surface area contributed by atoms with Crippen molar-refractivity contribution in [3.8, 4) is 5.75 Å². The van der Waals surface area contributed by atoms with Crippen LogP contribution in [0.3, 0.4) is 0 Å². The van der Waals surface area contributed by atoms with E-state index < -0.39 is 11.4 Å². The average Bonchev–Trinajstić information content (AvgIpc) is 2.64. The van der Waals surface area contributed by atoms with Gasteiger partial charge in [-0.2, -0.15) is 4.39 Å². The molecule has 0 fully saturated rings. The van der Waals surface area contributed by atoms with Gasteiger partial charge in [0.05, 0.1) is 13.2 Å². The van der Waals surface area contributed by atoms with Crippen molar-refractivity contribution >= 4 is 16.9 Å². The highest BCUT2D eigenvalue weighted by atomic mass is 19.1. The molecular formula is C21H25FO5. The zero-order chi connectivity index (χ0) is 19.8. The molecule has 0 atom stereocenters. The van der Waals surface area contributed by atoms with Crippen LogP contribution in [0.15, 0.2) is 39.6 Å². The van der Waals surface area contributed by atoms with Crippen LogP contribution in [0.25, 0.3) is 11.0 Å². The summed E-state index contributed by atoms with van der Waals surface area (Å²) in [5.41, 5.74) is 0.141. The Morgan fingerprint density at radius 3 is 2.56 bits per heavy atom. The van der Waals surface area contributed by atoms with Crippen molar-refractivity contribution in [2.75, 3.05) is 13.2 Å². The van der Waals surface area contributed by atoms with Crippen molar-refractivity contribution in [3.05, 3.63) is 52.2 Å². The summed E-state index contributed by atoms with van der Waals surface area (Å²) in [6, 6.07) is 5.08. The van der Waals surface area contributed by atoms with E-state index in [0.29, 0.717) is 47.5 Å². The van der Waals surface area contributed by atoms with E-state index in [0.717, 1.165) is 25.7 Å². The minimum Gasteiger partial charge on any atom is -0.493 e. The fraction of sp³-hybridized carbons (Fsp3) is 0.429. The van der Waals surface area contributed by atoms with Crippen LogP contribution < -0.4 is 10.4 Å². The molecule has 0 aliphatic rings. The molecule has 27 heavy (non-hydrogen) atoms. The predicted octanol–water partition coefficient (Wildman–Crippen LogP) is 4.55. The van der Waals surface area contributed by atoms with E-state index in [9.17, 15) is 14.0 Å². The van der Waals surface area contributed by atoms with Gasteiger partial charge in [0.2, 0.25) is 5.82 Å². The van der Waals surface area contributed by atoms with Crippen LogP contribution in [0, 0.1) is 5.82 Å². The minimum absolute atomic E-state index is 0.329. The van der Waals surface area contributed by atoms with E-state index in [2.05, 4.69) is 6.58 Å². The van der Waals surface area contributed by atoms with Gasteiger partial charge in [0, 0.05) is 22.6 Å². The average molecular weight is 376 g/mol. The fourth-order valence-corrected chi connectivity index (χ4v) is 2.69. The third-order valence-electron chi connectivity index (χ3n) is 4.17. The fourth-order valence-electron chi connectivity index (χ4n) is 2.69. The zero-order valence-electron chi connectivity index (χ0n) is 15.8. The van der Waals surface area contributed by atoms with Crippen LogP contribution in [0.5, 0.6) is 5.75 Å². The van der Waals surface area contributed by atoms with Crippen molar-refractivity contribution in [1.29, 1.82) is 0 Å². The number of carbonyl (C=O) groups excluding carboxylic acids is 1. The van der Waals surface area contributed by atoms with Crippen LogP contribution in [0.4, 0.5) is 4.39 Å². The van der Waals surface area contributed by atoms with E-state index in [4.69, 9.17) is 13.9 Å². The summed E-state index contributed by atoms with van der Waals surface area (Å²) in [5.74, 6) is -0.602. The molecule has 5 nitrogen and oxygen atoms in total. The first-order valence-electron chi connectivity index (χ1n) is 9.14. The Labute approximate surface area is 157 Å². The number of ether oxygens (including phenoxy) is 2. The lowest BCUT2D eigenvalue weighted by Gasteiger charge is -2.09. The number of unbranched alkanes of at least 4 members (excludes halogenated alkanes) is 3. The lowest BCUT2D eigenvalue weighted by Crippen LogP contribution is -2.09. The second kappa shape index (κ2) is 9.90. The Morgan fingerprint density at radius 1 is 1.19 bits per heavy atom. The predicted molar refractivity (Wildman–Crippen MR) is 102 cm³/mol. The maximum absolute atomic E-state index is 13.8. The first-order valence-corrected chi connectivity index (χ1v) is 9.14. The van der Waals surface area contributed by atoms with E-state index in [1.54, 1.807) is 32.0 Å². The summed E-state index contributed by atoms with van der Waals surface area (Å²) in [7, 11) is 0. The van der Waals surface area contributed by atoms with E-state index in [1.807, 2.05) is 0 Å². The molecule has 2 aromatic rings. The quantitative estimate of drug-likeness (QED) is 0.263. The molecule has 0 aliphatic carbocycles. The molecule has 2 rings (SSSR count). The van der Waals surface area contributed by atoms with Crippen molar-refractivity contribution in [2.45, 2.75) is 46.0 Å². The molecule has 0 saturated carbocycles. The summed E-state index contributed by atoms with van der Waals surface area (Å²) in [4.78, 5) is 22.8. The molecule has 1 heterocycles. The van der Waals surface area contributed by atoms with Crippen LogP contribution in [-0.2, 0) is 16.0 Å². The van der Waals surface area contributed by atoms with Gasteiger partial charge in [0.1, 0.15) is 11.3 Å². The van der Waals surface area contributed by atoms with Crippen LogP contribution in [0.2, 0.25) is 0 Å². The van der Waals surface area contributed by atoms with Crippen LogP contribution in [0.1, 0.15) is 45.1 Å². The molecule has 0 bridgehead atoms. The topological polar surface area (TPSA) is 65.7 Å². The lowest BCUT2D eigenvalue weighted by molar-refractivity contribution is -0.139. The molecule has 1 aromatic carbocycles. The second-order valence-corrected chi connectivity index (χ2v) is 6.37. The number of hydrogen-bond acceptors (Lipinski definition) is 5. The SMILES string of the molecule is C=C(C)C(=O)OCCCCCCOc1ccc2c(CC)c(F)c(=O)oc2c1. The van der Waals surface area contributed by atoms with E-state index in [1.165, 1.54) is 0 Å². The van der Waals surface area contributed by atoms with Crippen LogP contribution >= 0.6 is 0 Å². The molecule has 0 saturated heterocycles. The molecule has 6 heteroatoms. The van der Waals surface area contributed by atoms with Gasteiger partial charge in [-0.1, -0.05) is 13.5 Å². The number of fused-ring (bicyclic) bond motifs is 1. The number of hydrogen-bond donors (Lipinski definition) is 0. The first-order chi connectivity index (χ1) is 12.9. The highest BCUT2D eigenvalue weighted by Gasteiger charge is 2.13. The standard InChI is InChI=1S/C21H25FO5/c1-4-16-17-10-9-15(13-18(17)27-21(24)19(16)22)25-11-7-5-6-8-12-26-20(23)14(2)3/h9-10,13H,2,4-8,11-12H2,1,3H3. The molecular weight excluding hydrogens is 351 g/mol. The summed E-state index contributed by atoms with van der Waals surface area (Å²) in [5, 5.41) is 0.589. The van der Waals surface area contributed by atoms with Crippen molar-refractivity contribution in [3.63, 3.8) is 0 Å². The van der Waals surface area contributed by atoms with Gasteiger partial charge < -0.3 is 13.9 Å². The second-order valence-electron chi connectivity index (χ2n) is 6.37. The number of esters is 1. The van der Waals surface area contributed by atoms with E-state index >= 15 is 0 Å². The zero-order valence-corrected chi connectivity index (χ0v) is 15.8. The Kier molecular flexibility index (Phi) is 7.58. The van der Waals surface area contributed by atoms with Crippen molar-refractivity contribution in [1.82, 2.24) is 0 Å². The van der Waals surface area contributed by atoms with Gasteiger partial charge in [0.15, 0.2) is 0 Å². The maximum atomic E-state index is 13.8. The Hall–Kier alpha value is -2.63. The van der Waals surface area contributed by atoms with Gasteiger partial charge in [-0.15, -0.1) is 0 Å². The number of aryl methyl sites for hydroxylation is 1. The Balaban J connectivity index is 1.77. The summed E-state index contributed by atoms with van der Waals surface area (Å²) < 4.78 is 29.6. The normalized spacial score (nSPS) is 10.8. The van der Waals surface area contributed by atoms with Crippen LogP contribution in [-0.4, -0.2) is 19.2 Å². The van der Waals surface area contributed by atoms with Gasteiger partial charge >= 0.3 is 11.6 Å². The Bertz CT molecular complexity index is 869. The number of halogens is 1. The maximum Gasteiger partial charge on any atom is 0.372 e. The molecule has 1 aromatic heterocycles. The third kappa shape index (κ3) is 5.67. The molecule has 0 aliphatic heterocycles. The molecule has 0 spiro atoms. The molecule has 146 valence electrons. The van der Waals surface area contributed by atoms with Gasteiger partial charge in [-0.25, -0.2) is 9.59 Å². The molecule has 0 unspecified atom stereocenters. The molecule has 0 N–H and O–H groups in total. The lowest BCUT2D eigenvalue weighted by atomic mass is 10.1. The monoisotopic (exact) mass is 376 g/mol. The highest BCUT2D eigenvalue weighted by Crippen LogP contribution is 2.24. The summed E-state index contributed by atoms with van der Waals surface area (Å²) in [6.07, 6.45) is 3.93. The third-order valence-corrected chi connectivity index (χ3v) is 4.17. The first kappa shape index (κ1) is 20.7. The number of rotatable bonds is 10. The summed E-state index contributed by atoms with van der Waals surface area (Å²) >= 11 is 0.